The Kier molecular flexibility index (Phi) is 10.3. The van der Waals surface area contributed by atoms with Crippen LogP contribution in [0.25, 0.3) is 0 Å². The van der Waals surface area contributed by atoms with Crippen LogP contribution in [0, 0.1) is 0 Å². The standard InChI is InChI=1S/C14H13NO2S.C13H11NO2S/c1-17-14(16)12-7-8-15-9-13(12)18-10-11-5-3-2-4-6-11;15-13(16)11-6-7-14-8-12(11)17-9-10-4-2-1-3-5-10/h2-9H,10H2,1H3;1-8H,9H2,(H,15,16). The van der Waals surface area contributed by atoms with E-state index in [0.29, 0.717) is 16.0 Å². The van der Waals surface area contributed by atoms with Crippen molar-refractivity contribution in [2.24, 2.45) is 0 Å². The number of pyridine rings is 2. The van der Waals surface area contributed by atoms with Gasteiger partial charge in [-0.25, -0.2) is 9.59 Å². The first-order valence-electron chi connectivity index (χ1n) is 10.6. The lowest BCUT2D eigenvalue weighted by Gasteiger charge is -2.06. The third-order valence-corrected chi connectivity index (χ3v) is 6.91. The second-order valence-electron chi connectivity index (χ2n) is 7.09. The molecule has 0 saturated heterocycles. The predicted molar refractivity (Wildman–Crippen MR) is 139 cm³/mol. The summed E-state index contributed by atoms with van der Waals surface area (Å²) in [4.78, 5) is 32.1. The zero-order valence-corrected chi connectivity index (χ0v) is 20.7. The molecule has 0 amide bonds. The van der Waals surface area contributed by atoms with Gasteiger partial charge in [-0.2, -0.15) is 0 Å². The summed E-state index contributed by atoms with van der Waals surface area (Å²) < 4.78 is 4.75. The van der Waals surface area contributed by atoms with Crippen molar-refractivity contribution in [2.75, 3.05) is 7.11 Å². The molecule has 0 aliphatic heterocycles. The van der Waals surface area contributed by atoms with E-state index in [1.54, 1.807) is 36.4 Å². The number of benzene rings is 2. The van der Waals surface area contributed by atoms with E-state index in [-0.39, 0.29) is 5.97 Å². The highest BCUT2D eigenvalue weighted by Gasteiger charge is 2.12. The number of aromatic carboxylic acids is 1. The van der Waals surface area contributed by atoms with Crippen LogP contribution < -0.4 is 0 Å². The lowest BCUT2D eigenvalue weighted by molar-refractivity contribution is 0.0595. The van der Waals surface area contributed by atoms with Gasteiger partial charge < -0.3 is 9.84 Å². The van der Waals surface area contributed by atoms with Crippen molar-refractivity contribution in [3.63, 3.8) is 0 Å². The Morgan fingerprint density at radius 1 is 0.743 bits per heavy atom. The molecule has 2 aromatic heterocycles. The summed E-state index contributed by atoms with van der Waals surface area (Å²) in [6.45, 7) is 0. The van der Waals surface area contributed by atoms with E-state index < -0.39 is 5.97 Å². The molecule has 2 aromatic carbocycles. The number of carboxylic acids is 1. The van der Waals surface area contributed by atoms with Crippen LogP contribution in [-0.4, -0.2) is 34.1 Å². The number of carbonyl (C=O) groups is 2. The molecule has 0 spiro atoms. The average Bonchev–Trinajstić information content (AvgIpc) is 2.92. The monoisotopic (exact) mass is 504 g/mol. The van der Waals surface area contributed by atoms with Crippen LogP contribution in [0.3, 0.4) is 0 Å². The zero-order valence-electron chi connectivity index (χ0n) is 19.0. The minimum Gasteiger partial charge on any atom is -0.478 e. The second-order valence-corrected chi connectivity index (χ2v) is 9.12. The van der Waals surface area contributed by atoms with Gasteiger partial charge in [-0.3, -0.25) is 9.97 Å². The number of ether oxygens (including phenoxy) is 1. The van der Waals surface area contributed by atoms with Crippen LogP contribution in [0.5, 0.6) is 0 Å². The first-order valence-corrected chi connectivity index (χ1v) is 12.6. The Hall–Kier alpha value is -3.62. The van der Waals surface area contributed by atoms with E-state index in [2.05, 4.69) is 22.1 Å². The van der Waals surface area contributed by atoms with Gasteiger partial charge in [-0.05, 0) is 23.3 Å². The van der Waals surface area contributed by atoms with Crippen LogP contribution >= 0.6 is 23.5 Å². The van der Waals surface area contributed by atoms with Crippen LogP contribution in [0.15, 0.2) is 107 Å². The third-order valence-electron chi connectivity index (χ3n) is 4.68. The van der Waals surface area contributed by atoms with Crippen molar-refractivity contribution < 1.29 is 19.4 Å². The highest BCUT2D eigenvalue weighted by atomic mass is 32.2. The van der Waals surface area contributed by atoms with Crippen molar-refractivity contribution in [1.82, 2.24) is 9.97 Å². The Labute approximate surface area is 212 Å². The number of carboxylic acid groups (broad SMARTS) is 1. The van der Waals surface area contributed by atoms with E-state index in [4.69, 9.17) is 9.84 Å². The van der Waals surface area contributed by atoms with Crippen molar-refractivity contribution in [2.45, 2.75) is 21.3 Å². The van der Waals surface area contributed by atoms with Crippen LogP contribution in [-0.2, 0) is 16.2 Å². The number of rotatable bonds is 8. The number of hydrogen-bond donors (Lipinski definition) is 1. The van der Waals surface area contributed by atoms with Crippen molar-refractivity contribution >= 4 is 35.5 Å². The molecule has 1 N–H and O–H groups in total. The quantitative estimate of drug-likeness (QED) is 0.223. The van der Waals surface area contributed by atoms with Gasteiger partial charge in [0.15, 0.2) is 0 Å². The molecule has 8 heteroatoms. The number of thioether (sulfide) groups is 2. The summed E-state index contributed by atoms with van der Waals surface area (Å²) >= 11 is 3.07. The van der Waals surface area contributed by atoms with Crippen molar-refractivity contribution in [3.8, 4) is 0 Å². The molecule has 4 rings (SSSR count). The number of esters is 1. The van der Waals surface area contributed by atoms with E-state index in [0.717, 1.165) is 22.0 Å². The molecule has 0 unspecified atom stereocenters. The van der Waals surface area contributed by atoms with Gasteiger partial charge >= 0.3 is 11.9 Å². The van der Waals surface area contributed by atoms with Gasteiger partial charge in [0.05, 0.1) is 18.2 Å². The highest BCUT2D eigenvalue weighted by molar-refractivity contribution is 7.98. The summed E-state index contributed by atoms with van der Waals surface area (Å²) in [6.07, 6.45) is 6.38. The van der Waals surface area contributed by atoms with Crippen LogP contribution in [0.4, 0.5) is 0 Å². The summed E-state index contributed by atoms with van der Waals surface area (Å²) in [5, 5.41) is 9.02. The number of carbonyl (C=O) groups excluding carboxylic acids is 1. The molecule has 6 nitrogen and oxygen atoms in total. The summed E-state index contributed by atoms with van der Waals surface area (Å²) in [5.74, 6) is 0.305. The topological polar surface area (TPSA) is 89.4 Å². The molecule has 35 heavy (non-hydrogen) atoms. The van der Waals surface area contributed by atoms with Gasteiger partial charge in [0, 0.05) is 46.1 Å². The van der Waals surface area contributed by atoms with Gasteiger partial charge in [0.1, 0.15) is 0 Å². The second kappa shape index (κ2) is 13.9. The number of methoxy groups -OCH3 is 1. The summed E-state index contributed by atoms with van der Waals surface area (Å²) in [6, 6.07) is 23.2. The SMILES string of the molecule is COC(=O)c1ccncc1SCc1ccccc1.O=C(O)c1ccncc1SCc1ccccc1. The molecule has 0 atom stereocenters. The first-order chi connectivity index (χ1) is 17.1. The Morgan fingerprint density at radius 3 is 1.66 bits per heavy atom. The fourth-order valence-corrected chi connectivity index (χ4v) is 4.83. The predicted octanol–water partition coefficient (Wildman–Crippen LogP) is 6.23. The Balaban J connectivity index is 0.000000196. The molecule has 0 fully saturated rings. The van der Waals surface area contributed by atoms with E-state index >= 15 is 0 Å². The smallest absolute Gasteiger partial charge is 0.339 e. The van der Waals surface area contributed by atoms with Crippen molar-refractivity contribution in [3.05, 3.63) is 120 Å². The molecular formula is C27H24N2O4S2. The van der Waals surface area contributed by atoms with Gasteiger partial charge in [0.2, 0.25) is 0 Å². The maximum Gasteiger partial charge on any atom is 0.339 e. The lowest BCUT2D eigenvalue weighted by atomic mass is 10.2. The molecule has 2 heterocycles. The number of hydrogen-bond acceptors (Lipinski definition) is 7. The van der Waals surface area contributed by atoms with Crippen LogP contribution in [0.1, 0.15) is 31.8 Å². The van der Waals surface area contributed by atoms with E-state index in [9.17, 15) is 9.59 Å². The zero-order chi connectivity index (χ0) is 24.9. The fraction of sp³-hybridized carbons (Fsp3) is 0.111. The maximum atomic E-state index is 11.6. The average molecular weight is 505 g/mol. The molecule has 0 aliphatic carbocycles. The normalized spacial score (nSPS) is 10.1. The molecule has 178 valence electrons. The van der Waals surface area contributed by atoms with Gasteiger partial charge in [0.25, 0.3) is 0 Å². The number of nitrogens with zero attached hydrogens (tertiary/aromatic N) is 2. The summed E-state index contributed by atoms with van der Waals surface area (Å²) in [7, 11) is 1.38. The molecule has 4 aromatic rings. The molecule has 0 saturated carbocycles. The molecular weight excluding hydrogens is 480 g/mol. The lowest BCUT2D eigenvalue weighted by Crippen LogP contribution is -2.03. The van der Waals surface area contributed by atoms with E-state index in [1.165, 1.54) is 36.7 Å². The largest absolute Gasteiger partial charge is 0.478 e. The van der Waals surface area contributed by atoms with Gasteiger partial charge in [-0.1, -0.05) is 60.7 Å². The number of aromatic nitrogens is 2. The minimum absolute atomic E-state index is 0.306. The maximum absolute atomic E-state index is 11.6. The summed E-state index contributed by atoms with van der Waals surface area (Å²) in [5.41, 5.74) is 3.24. The third kappa shape index (κ3) is 8.27. The minimum atomic E-state index is -0.914. The highest BCUT2D eigenvalue weighted by Crippen LogP contribution is 2.26. The molecule has 0 bridgehead atoms. The first kappa shape index (κ1) is 26.0. The Morgan fingerprint density at radius 2 is 1.20 bits per heavy atom. The molecule has 0 radical (unpaired) electrons. The fourth-order valence-electron chi connectivity index (χ4n) is 2.92. The molecule has 0 aliphatic rings. The Bertz CT molecular complexity index is 1240. The van der Waals surface area contributed by atoms with Crippen molar-refractivity contribution in [1.29, 1.82) is 0 Å². The van der Waals surface area contributed by atoms with Gasteiger partial charge in [-0.15, -0.1) is 23.5 Å². The van der Waals surface area contributed by atoms with E-state index in [1.807, 2.05) is 48.5 Å². The van der Waals surface area contributed by atoms with Crippen LogP contribution in [0.2, 0.25) is 0 Å².